The molecule has 0 aliphatic heterocycles. The summed E-state index contributed by atoms with van der Waals surface area (Å²) < 4.78 is 15.9. The zero-order valence-corrected chi connectivity index (χ0v) is 11.6. The quantitative estimate of drug-likeness (QED) is 0.496. The van der Waals surface area contributed by atoms with Crippen LogP contribution in [0.4, 0.5) is 0 Å². The van der Waals surface area contributed by atoms with Crippen LogP contribution in [0.2, 0.25) is 0 Å². The highest BCUT2D eigenvalue weighted by atomic mass is 16.5. The molecule has 1 atom stereocenters. The number of carbonyl (C=O) groups is 1. The van der Waals surface area contributed by atoms with E-state index < -0.39 is 5.54 Å². The average molecular weight is 259 g/mol. The van der Waals surface area contributed by atoms with Gasteiger partial charge in [-0.3, -0.25) is 0 Å². The van der Waals surface area contributed by atoms with E-state index in [2.05, 4.69) is 0 Å². The second-order valence-electron chi connectivity index (χ2n) is 5.01. The zero-order valence-electron chi connectivity index (χ0n) is 11.6. The van der Waals surface area contributed by atoms with Gasteiger partial charge in [-0.25, -0.2) is 4.79 Å². The molecular weight excluding hydrogens is 234 g/mol. The molecule has 2 N–H and O–H groups in total. The largest absolute Gasteiger partial charge is 0.465 e. The van der Waals surface area contributed by atoms with Crippen LogP contribution in [-0.2, 0) is 19.0 Å². The molecular formula is C13H25NO4. The summed E-state index contributed by atoms with van der Waals surface area (Å²) in [6.07, 6.45) is 2.13. The van der Waals surface area contributed by atoms with Gasteiger partial charge in [-0.1, -0.05) is 0 Å². The molecule has 1 saturated carbocycles. The molecule has 1 aliphatic carbocycles. The molecule has 0 spiro atoms. The third-order valence-corrected chi connectivity index (χ3v) is 2.98. The van der Waals surface area contributed by atoms with E-state index in [0.717, 1.165) is 12.8 Å². The van der Waals surface area contributed by atoms with Crippen molar-refractivity contribution >= 4 is 5.97 Å². The van der Waals surface area contributed by atoms with Gasteiger partial charge in [-0.2, -0.15) is 0 Å². The molecule has 0 heterocycles. The normalized spacial score (nSPS) is 18.7. The first-order valence-corrected chi connectivity index (χ1v) is 6.66. The van der Waals surface area contributed by atoms with Crippen LogP contribution in [0.15, 0.2) is 0 Å². The van der Waals surface area contributed by atoms with Crippen LogP contribution in [0.1, 0.15) is 33.6 Å². The van der Waals surface area contributed by atoms with Gasteiger partial charge in [0.2, 0.25) is 0 Å². The molecule has 0 aromatic rings. The minimum Gasteiger partial charge on any atom is -0.465 e. The summed E-state index contributed by atoms with van der Waals surface area (Å²) in [5.74, 6) is -0.153. The number of rotatable bonds is 9. The second kappa shape index (κ2) is 7.07. The Balaban J connectivity index is 2.31. The molecule has 0 saturated heterocycles. The lowest BCUT2D eigenvalue weighted by Gasteiger charge is -2.26. The maximum absolute atomic E-state index is 11.9. The SMILES string of the molecule is CCOC(=O)C(N)(COCCOC(C)C)C1CC1. The summed E-state index contributed by atoms with van der Waals surface area (Å²) in [5.41, 5.74) is 5.16. The first-order valence-electron chi connectivity index (χ1n) is 6.66. The lowest BCUT2D eigenvalue weighted by Crippen LogP contribution is -2.55. The van der Waals surface area contributed by atoms with E-state index in [9.17, 15) is 4.79 Å². The van der Waals surface area contributed by atoms with Crippen LogP contribution < -0.4 is 5.73 Å². The van der Waals surface area contributed by atoms with Gasteiger partial charge in [0.15, 0.2) is 0 Å². The van der Waals surface area contributed by atoms with Crippen molar-refractivity contribution in [1.82, 2.24) is 0 Å². The van der Waals surface area contributed by atoms with E-state index in [1.165, 1.54) is 0 Å². The van der Waals surface area contributed by atoms with Crippen LogP contribution in [0.3, 0.4) is 0 Å². The molecule has 0 aromatic heterocycles. The van der Waals surface area contributed by atoms with E-state index in [4.69, 9.17) is 19.9 Å². The number of nitrogens with two attached hydrogens (primary N) is 1. The Morgan fingerprint density at radius 1 is 1.39 bits per heavy atom. The third kappa shape index (κ3) is 4.55. The van der Waals surface area contributed by atoms with Crippen LogP contribution in [0.25, 0.3) is 0 Å². The summed E-state index contributed by atoms with van der Waals surface area (Å²) >= 11 is 0. The van der Waals surface area contributed by atoms with E-state index in [-0.39, 0.29) is 24.6 Å². The molecule has 5 heteroatoms. The monoisotopic (exact) mass is 259 g/mol. The van der Waals surface area contributed by atoms with Gasteiger partial charge >= 0.3 is 5.97 Å². The number of hydrogen-bond acceptors (Lipinski definition) is 5. The minimum absolute atomic E-state index is 0.185. The first-order chi connectivity index (χ1) is 8.50. The summed E-state index contributed by atoms with van der Waals surface area (Å²) in [4.78, 5) is 11.9. The van der Waals surface area contributed by atoms with E-state index in [0.29, 0.717) is 19.8 Å². The lowest BCUT2D eigenvalue weighted by atomic mass is 9.96. The van der Waals surface area contributed by atoms with E-state index in [1.807, 2.05) is 13.8 Å². The molecule has 1 aliphatic rings. The van der Waals surface area contributed by atoms with Crippen molar-refractivity contribution in [3.05, 3.63) is 0 Å². The van der Waals surface area contributed by atoms with E-state index >= 15 is 0 Å². The van der Waals surface area contributed by atoms with Crippen LogP contribution in [0, 0.1) is 5.92 Å². The maximum Gasteiger partial charge on any atom is 0.328 e. The second-order valence-corrected chi connectivity index (χ2v) is 5.01. The topological polar surface area (TPSA) is 70.8 Å². The standard InChI is InChI=1S/C13H25NO4/c1-4-17-12(15)13(14,11-5-6-11)9-16-7-8-18-10(2)3/h10-11H,4-9,14H2,1-3H3. The van der Waals surface area contributed by atoms with Crippen molar-refractivity contribution in [2.24, 2.45) is 11.7 Å². The van der Waals surface area contributed by atoms with Gasteiger partial charge in [0, 0.05) is 0 Å². The lowest BCUT2D eigenvalue weighted by molar-refractivity contribution is -0.153. The smallest absolute Gasteiger partial charge is 0.328 e. The Morgan fingerprint density at radius 2 is 2.06 bits per heavy atom. The molecule has 0 bridgehead atoms. The molecule has 1 unspecified atom stereocenters. The Kier molecular flexibility index (Phi) is 6.05. The number of ether oxygens (including phenoxy) is 3. The number of carbonyl (C=O) groups excluding carboxylic acids is 1. The van der Waals surface area contributed by atoms with Gasteiger partial charge in [0.1, 0.15) is 5.54 Å². The zero-order chi connectivity index (χ0) is 13.6. The van der Waals surface area contributed by atoms with Gasteiger partial charge in [0.25, 0.3) is 0 Å². The molecule has 0 amide bonds. The highest BCUT2D eigenvalue weighted by Crippen LogP contribution is 2.39. The van der Waals surface area contributed by atoms with Crippen molar-refractivity contribution in [2.45, 2.75) is 45.3 Å². The van der Waals surface area contributed by atoms with Crippen LogP contribution >= 0.6 is 0 Å². The number of esters is 1. The molecule has 18 heavy (non-hydrogen) atoms. The van der Waals surface area contributed by atoms with Gasteiger partial charge in [-0.05, 0) is 39.5 Å². The predicted octanol–water partition coefficient (Wildman–Crippen LogP) is 1.10. The number of hydrogen-bond donors (Lipinski definition) is 1. The van der Waals surface area contributed by atoms with Crippen molar-refractivity contribution in [3.63, 3.8) is 0 Å². The predicted molar refractivity (Wildman–Crippen MR) is 68.2 cm³/mol. The van der Waals surface area contributed by atoms with Gasteiger partial charge in [-0.15, -0.1) is 0 Å². The fraction of sp³-hybridized carbons (Fsp3) is 0.923. The van der Waals surface area contributed by atoms with Gasteiger partial charge < -0.3 is 19.9 Å². The molecule has 0 aromatic carbocycles. The van der Waals surface area contributed by atoms with Crippen molar-refractivity contribution in [2.75, 3.05) is 26.4 Å². The molecule has 0 radical (unpaired) electrons. The first kappa shape index (κ1) is 15.4. The van der Waals surface area contributed by atoms with E-state index in [1.54, 1.807) is 6.92 Å². The highest BCUT2D eigenvalue weighted by Gasteiger charge is 2.49. The fourth-order valence-corrected chi connectivity index (χ4v) is 1.79. The van der Waals surface area contributed by atoms with Crippen molar-refractivity contribution in [3.8, 4) is 0 Å². The van der Waals surface area contributed by atoms with Crippen LogP contribution in [0.5, 0.6) is 0 Å². The average Bonchev–Trinajstić information content (AvgIpc) is 3.12. The summed E-state index contributed by atoms with van der Waals surface area (Å²) in [6, 6.07) is 0. The molecule has 5 nitrogen and oxygen atoms in total. The van der Waals surface area contributed by atoms with Gasteiger partial charge in [0.05, 0.1) is 32.5 Å². The van der Waals surface area contributed by atoms with Crippen molar-refractivity contribution in [1.29, 1.82) is 0 Å². The molecule has 1 rings (SSSR count). The highest BCUT2D eigenvalue weighted by molar-refractivity contribution is 5.81. The Hall–Kier alpha value is -0.650. The molecule has 1 fully saturated rings. The Bertz CT molecular complexity index is 266. The fourth-order valence-electron chi connectivity index (χ4n) is 1.79. The Labute approximate surface area is 109 Å². The minimum atomic E-state index is -0.978. The Morgan fingerprint density at radius 3 is 2.56 bits per heavy atom. The summed E-state index contributed by atoms with van der Waals surface area (Å²) in [7, 11) is 0. The molecule has 106 valence electrons. The van der Waals surface area contributed by atoms with Crippen molar-refractivity contribution < 1.29 is 19.0 Å². The van der Waals surface area contributed by atoms with Crippen LogP contribution in [-0.4, -0.2) is 44.0 Å². The maximum atomic E-state index is 11.9. The summed E-state index contributed by atoms with van der Waals surface area (Å²) in [6.45, 7) is 7.23. The third-order valence-electron chi connectivity index (χ3n) is 2.98. The summed E-state index contributed by atoms with van der Waals surface area (Å²) in [5, 5.41) is 0.